The van der Waals surface area contributed by atoms with Crippen LogP contribution >= 0.6 is 0 Å². The largest absolute Gasteiger partial charge is 0.395 e. The molecule has 0 saturated carbocycles. The maximum absolute atomic E-state index is 12.4. The van der Waals surface area contributed by atoms with E-state index < -0.39 is 0 Å². The molecule has 1 heterocycles. The van der Waals surface area contributed by atoms with Gasteiger partial charge in [-0.15, -0.1) is 0 Å². The minimum atomic E-state index is -0.156. The van der Waals surface area contributed by atoms with Crippen LogP contribution in [0.3, 0.4) is 0 Å². The van der Waals surface area contributed by atoms with E-state index in [0.717, 1.165) is 11.1 Å². The van der Waals surface area contributed by atoms with Crippen LogP contribution in [0.15, 0.2) is 60.7 Å². The van der Waals surface area contributed by atoms with Gasteiger partial charge in [0.25, 0.3) is 0 Å². The fourth-order valence-corrected chi connectivity index (χ4v) is 3.02. The molecule has 23 heavy (non-hydrogen) atoms. The molecule has 4 nitrogen and oxygen atoms in total. The van der Waals surface area contributed by atoms with Gasteiger partial charge in [-0.1, -0.05) is 60.7 Å². The van der Waals surface area contributed by atoms with E-state index >= 15 is 0 Å². The average molecular weight is 310 g/mol. The second-order valence-electron chi connectivity index (χ2n) is 5.95. The van der Waals surface area contributed by atoms with Crippen molar-refractivity contribution in [1.82, 2.24) is 10.2 Å². The summed E-state index contributed by atoms with van der Waals surface area (Å²) in [6.07, 6.45) is 0.712. The molecule has 0 bridgehead atoms. The summed E-state index contributed by atoms with van der Waals surface area (Å²) in [6.45, 7) is 1.32. The number of amides is 1. The predicted molar refractivity (Wildman–Crippen MR) is 89.6 cm³/mol. The predicted octanol–water partition coefficient (Wildman–Crippen LogP) is 1.94. The number of hydrogen-bond donors (Lipinski definition) is 2. The third-order valence-corrected chi connectivity index (χ3v) is 4.40. The van der Waals surface area contributed by atoms with Crippen LogP contribution in [0.2, 0.25) is 0 Å². The molecule has 4 heteroatoms. The van der Waals surface area contributed by atoms with Gasteiger partial charge in [0.2, 0.25) is 5.91 Å². The van der Waals surface area contributed by atoms with Crippen molar-refractivity contribution < 1.29 is 9.90 Å². The van der Waals surface area contributed by atoms with Crippen LogP contribution in [0.1, 0.15) is 17.5 Å². The van der Waals surface area contributed by atoms with E-state index in [0.29, 0.717) is 19.5 Å². The SMILES string of the molecule is O=C(NCc1ccccc1)C1CC(CO)N1Cc1ccccc1. The van der Waals surface area contributed by atoms with Crippen LogP contribution in [0.5, 0.6) is 0 Å². The normalized spacial score (nSPS) is 20.7. The Bertz CT molecular complexity index is 630. The van der Waals surface area contributed by atoms with Crippen LogP contribution in [0.4, 0.5) is 0 Å². The van der Waals surface area contributed by atoms with Crippen LogP contribution in [0, 0.1) is 0 Å². The minimum Gasteiger partial charge on any atom is -0.395 e. The minimum absolute atomic E-state index is 0.0366. The van der Waals surface area contributed by atoms with Gasteiger partial charge in [-0.2, -0.15) is 0 Å². The highest BCUT2D eigenvalue weighted by molar-refractivity contribution is 5.82. The van der Waals surface area contributed by atoms with E-state index in [1.807, 2.05) is 60.7 Å². The number of benzene rings is 2. The fourth-order valence-electron chi connectivity index (χ4n) is 3.02. The van der Waals surface area contributed by atoms with Gasteiger partial charge >= 0.3 is 0 Å². The van der Waals surface area contributed by atoms with Crippen LogP contribution in [-0.4, -0.2) is 34.6 Å². The Morgan fingerprint density at radius 3 is 2.26 bits per heavy atom. The molecule has 0 spiro atoms. The first-order valence-electron chi connectivity index (χ1n) is 8.00. The standard InChI is InChI=1S/C19H22N2O2/c22-14-17-11-18(21(17)13-16-9-5-2-6-10-16)19(23)20-12-15-7-3-1-4-8-15/h1-10,17-18,22H,11-14H2,(H,20,23). The molecule has 2 unspecified atom stereocenters. The second kappa shape index (κ2) is 7.40. The Hall–Kier alpha value is -2.17. The van der Waals surface area contributed by atoms with Crippen molar-refractivity contribution in [3.05, 3.63) is 71.8 Å². The van der Waals surface area contributed by atoms with E-state index in [-0.39, 0.29) is 24.6 Å². The molecule has 1 amide bonds. The van der Waals surface area contributed by atoms with E-state index in [9.17, 15) is 9.90 Å². The molecule has 2 atom stereocenters. The first-order chi connectivity index (χ1) is 11.3. The van der Waals surface area contributed by atoms with E-state index in [2.05, 4.69) is 10.2 Å². The lowest BCUT2D eigenvalue weighted by Gasteiger charge is -2.46. The third-order valence-electron chi connectivity index (χ3n) is 4.40. The van der Waals surface area contributed by atoms with Crippen LogP contribution in [-0.2, 0) is 17.9 Å². The monoisotopic (exact) mass is 310 g/mol. The molecule has 0 aromatic heterocycles. The van der Waals surface area contributed by atoms with Crippen molar-refractivity contribution in [2.75, 3.05) is 6.61 Å². The molecule has 2 aromatic rings. The molecule has 1 fully saturated rings. The number of nitrogens with one attached hydrogen (secondary N) is 1. The smallest absolute Gasteiger partial charge is 0.237 e. The Balaban J connectivity index is 1.58. The number of rotatable bonds is 6. The van der Waals surface area contributed by atoms with E-state index in [1.165, 1.54) is 0 Å². The molecule has 2 N–H and O–H groups in total. The lowest BCUT2D eigenvalue weighted by Crippen LogP contribution is -2.62. The number of aliphatic hydroxyl groups excluding tert-OH is 1. The summed E-state index contributed by atoms with van der Waals surface area (Å²) in [5.41, 5.74) is 2.25. The first-order valence-corrected chi connectivity index (χ1v) is 8.00. The van der Waals surface area contributed by atoms with Gasteiger partial charge in [0.1, 0.15) is 0 Å². The quantitative estimate of drug-likeness (QED) is 0.857. The Morgan fingerprint density at radius 2 is 1.65 bits per heavy atom. The Kier molecular flexibility index (Phi) is 5.05. The molecular weight excluding hydrogens is 288 g/mol. The fraction of sp³-hybridized carbons (Fsp3) is 0.316. The summed E-state index contributed by atoms with van der Waals surface area (Å²) in [4.78, 5) is 14.5. The highest BCUT2D eigenvalue weighted by atomic mass is 16.3. The molecule has 1 aliphatic rings. The van der Waals surface area contributed by atoms with Gasteiger partial charge in [0.05, 0.1) is 12.6 Å². The zero-order valence-corrected chi connectivity index (χ0v) is 13.1. The number of nitrogens with zero attached hydrogens (tertiary/aromatic N) is 1. The highest BCUT2D eigenvalue weighted by Gasteiger charge is 2.41. The van der Waals surface area contributed by atoms with Gasteiger partial charge in [0.15, 0.2) is 0 Å². The molecule has 3 rings (SSSR count). The molecule has 0 aliphatic carbocycles. The van der Waals surface area contributed by atoms with Gasteiger partial charge < -0.3 is 10.4 Å². The third kappa shape index (κ3) is 3.78. The lowest BCUT2D eigenvalue weighted by atomic mass is 9.91. The van der Waals surface area contributed by atoms with Crippen LogP contribution < -0.4 is 5.32 Å². The van der Waals surface area contributed by atoms with Gasteiger partial charge in [-0.25, -0.2) is 0 Å². The molecular formula is C19H22N2O2. The van der Waals surface area contributed by atoms with Crippen molar-refractivity contribution >= 4 is 5.91 Å². The molecule has 1 saturated heterocycles. The van der Waals surface area contributed by atoms with Crippen molar-refractivity contribution in [3.8, 4) is 0 Å². The maximum atomic E-state index is 12.4. The van der Waals surface area contributed by atoms with Crippen molar-refractivity contribution in [2.45, 2.75) is 31.6 Å². The van der Waals surface area contributed by atoms with Crippen molar-refractivity contribution in [2.24, 2.45) is 0 Å². The molecule has 120 valence electrons. The van der Waals surface area contributed by atoms with E-state index in [4.69, 9.17) is 0 Å². The molecule has 1 aliphatic heterocycles. The van der Waals surface area contributed by atoms with E-state index in [1.54, 1.807) is 0 Å². The van der Waals surface area contributed by atoms with Crippen molar-refractivity contribution in [1.29, 1.82) is 0 Å². The van der Waals surface area contributed by atoms with Gasteiger partial charge in [-0.05, 0) is 17.5 Å². The number of likely N-dealkylation sites (tertiary alicyclic amines) is 1. The summed E-state index contributed by atoms with van der Waals surface area (Å²) in [5, 5.41) is 12.5. The van der Waals surface area contributed by atoms with Crippen molar-refractivity contribution in [3.63, 3.8) is 0 Å². The zero-order valence-electron chi connectivity index (χ0n) is 13.1. The van der Waals surface area contributed by atoms with Gasteiger partial charge in [-0.3, -0.25) is 9.69 Å². The molecule has 0 radical (unpaired) electrons. The zero-order chi connectivity index (χ0) is 16.1. The Morgan fingerprint density at radius 1 is 1.04 bits per heavy atom. The summed E-state index contributed by atoms with van der Waals surface area (Å²) < 4.78 is 0. The number of carbonyl (C=O) groups excluding carboxylic acids is 1. The number of hydrogen-bond acceptors (Lipinski definition) is 3. The summed E-state index contributed by atoms with van der Waals surface area (Å²) in [5.74, 6) is 0.0366. The van der Waals surface area contributed by atoms with Gasteiger partial charge in [0, 0.05) is 19.1 Å². The second-order valence-corrected chi connectivity index (χ2v) is 5.95. The lowest BCUT2D eigenvalue weighted by molar-refractivity contribution is -0.137. The maximum Gasteiger partial charge on any atom is 0.237 e. The first kappa shape index (κ1) is 15.7. The topological polar surface area (TPSA) is 52.6 Å². The number of aliphatic hydroxyl groups is 1. The summed E-state index contributed by atoms with van der Waals surface area (Å²) in [7, 11) is 0. The highest BCUT2D eigenvalue weighted by Crippen LogP contribution is 2.28. The number of carbonyl (C=O) groups is 1. The molecule has 2 aromatic carbocycles. The summed E-state index contributed by atoms with van der Waals surface area (Å²) >= 11 is 0. The summed E-state index contributed by atoms with van der Waals surface area (Å²) in [6, 6.07) is 19.9. The van der Waals surface area contributed by atoms with Crippen LogP contribution in [0.25, 0.3) is 0 Å². The average Bonchev–Trinajstić information content (AvgIpc) is 2.59. The Labute approximate surface area is 136 Å².